The van der Waals surface area contributed by atoms with Gasteiger partial charge in [0.25, 0.3) is 0 Å². The zero-order valence-corrected chi connectivity index (χ0v) is 8.59. The van der Waals surface area contributed by atoms with E-state index in [0.29, 0.717) is 5.16 Å². The van der Waals surface area contributed by atoms with Gasteiger partial charge in [-0.15, -0.1) is 0 Å². The van der Waals surface area contributed by atoms with Crippen molar-refractivity contribution in [1.29, 1.82) is 0 Å². The van der Waals surface area contributed by atoms with E-state index in [4.69, 9.17) is 11.6 Å². The lowest BCUT2D eigenvalue weighted by Crippen LogP contribution is -2.17. The minimum Gasteiger partial charge on any atom is -0.366 e. The SMILES string of the molecule is C=C(Cl)N(C)CCc1ccccc1. The zero-order valence-electron chi connectivity index (χ0n) is 7.83. The van der Waals surface area contributed by atoms with Crippen LogP contribution in [0, 0.1) is 0 Å². The monoisotopic (exact) mass is 195 g/mol. The molecular weight excluding hydrogens is 182 g/mol. The number of rotatable bonds is 4. The van der Waals surface area contributed by atoms with Crippen LogP contribution < -0.4 is 0 Å². The van der Waals surface area contributed by atoms with Crippen LogP contribution in [0.4, 0.5) is 0 Å². The maximum Gasteiger partial charge on any atom is 0.0968 e. The lowest BCUT2D eigenvalue weighted by atomic mass is 10.1. The summed E-state index contributed by atoms with van der Waals surface area (Å²) in [5.74, 6) is 0. The Morgan fingerprint density at radius 1 is 1.38 bits per heavy atom. The van der Waals surface area contributed by atoms with Gasteiger partial charge in [0.05, 0.1) is 5.16 Å². The molecule has 0 aliphatic carbocycles. The fraction of sp³-hybridized carbons (Fsp3) is 0.273. The fourth-order valence-electron chi connectivity index (χ4n) is 1.06. The Labute approximate surface area is 84.6 Å². The summed E-state index contributed by atoms with van der Waals surface area (Å²) in [5, 5.41) is 0.593. The molecule has 0 heterocycles. The topological polar surface area (TPSA) is 3.24 Å². The number of hydrogen-bond donors (Lipinski definition) is 0. The zero-order chi connectivity index (χ0) is 9.68. The van der Waals surface area contributed by atoms with Crippen molar-refractivity contribution in [3.05, 3.63) is 47.6 Å². The van der Waals surface area contributed by atoms with Crippen LogP contribution in [0.15, 0.2) is 42.1 Å². The first kappa shape index (κ1) is 10.1. The number of likely N-dealkylation sites (N-methyl/N-ethyl adjacent to an activating group) is 1. The van der Waals surface area contributed by atoms with E-state index >= 15 is 0 Å². The molecule has 1 aromatic rings. The van der Waals surface area contributed by atoms with E-state index in [0.717, 1.165) is 13.0 Å². The summed E-state index contributed by atoms with van der Waals surface area (Å²) in [7, 11) is 1.94. The number of nitrogens with zero attached hydrogens (tertiary/aromatic N) is 1. The molecule has 0 amide bonds. The van der Waals surface area contributed by atoms with Crippen molar-refractivity contribution in [3.8, 4) is 0 Å². The highest BCUT2D eigenvalue weighted by Gasteiger charge is 1.98. The van der Waals surface area contributed by atoms with E-state index < -0.39 is 0 Å². The first-order chi connectivity index (χ1) is 6.20. The van der Waals surface area contributed by atoms with Crippen LogP contribution in [0.1, 0.15) is 5.56 Å². The fourth-order valence-corrected chi connectivity index (χ4v) is 1.15. The molecule has 1 rings (SSSR count). The molecule has 0 aliphatic rings. The van der Waals surface area contributed by atoms with Gasteiger partial charge in [-0.05, 0) is 12.0 Å². The van der Waals surface area contributed by atoms with Crippen LogP contribution in [0.25, 0.3) is 0 Å². The maximum absolute atomic E-state index is 5.73. The summed E-state index contributed by atoms with van der Waals surface area (Å²) in [4.78, 5) is 1.94. The van der Waals surface area contributed by atoms with Gasteiger partial charge in [-0.3, -0.25) is 0 Å². The Bertz CT molecular complexity index is 269. The molecule has 0 radical (unpaired) electrons. The predicted octanol–water partition coefficient (Wildman–Crippen LogP) is 2.87. The Hall–Kier alpha value is -0.950. The van der Waals surface area contributed by atoms with Gasteiger partial charge in [-0.1, -0.05) is 48.5 Å². The third-order valence-electron chi connectivity index (χ3n) is 1.99. The standard InChI is InChI=1S/C11H14ClN/c1-10(12)13(2)9-8-11-6-4-3-5-7-11/h3-7H,1,8-9H2,2H3. The summed E-state index contributed by atoms with van der Waals surface area (Å²) in [5.41, 5.74) is 1.33. The summed E-state index contributed by atoms with van der Waals surface area (Å²) in [6, 6.07) is 10.3. The van der Waals surface area contributed by atoms with Gasteiger partial charge in [0, 0.05) is 13.6 Å². The smallest absolute Gasteiger partial charge is 0.0968 e. The van der Waals surface area contributed by atoms with Crippen LogP contribution >= 0.6 is 11.6 Å². The molecule has 13 heavy (non-hydrogen) atoms. The van der Waals surface area contributed by atoms with Crippen molar-refractivity contribution in [2.45, 2.75) is 6.42 Å². The Morgan fingerprint density at radius 2 is 2.00 bits per heavy atom. The lowest BCUT2D eigenvalue weighted by molar-refractivity contribution is 0.449. The normalized spacial score (nSPS) is 9.69. The van der Waals surface area contributed by atoms with Crippen LogP contribution in [0.2, 0.25) is 0 Å². The average Bonchev–Trinajstić information content (AvgIpc) is 2.15. The van der Waals surface area contributed by atoms with Crippen LogP contribution in [-0.4, -0.2) is 18.5 Å². The van der Waals surface area contributed by atoms with E-state index in [1.54, 1.807) is 0 Å². The lowest BCUT2D eigenvalue weighted by Gasteiger charge is -2.16. The third-order valence-corrected chi connectivity index (χ3v) is 2.28. The second-order valence-corrected chi connectivity index (χ2v) is 3.47. The molecule has 0 bridgehead atoms. The molecule has 1 nitrogen and oxygen atoms in total. The minimum absolute atomic E-state index is 0.593. The highest BCUT2D eigenvalue weighted by molar-refractivity contribution is 6.28. The number of hydrogen-bond acceptors (Lipinski definition) is 1. The number of benzene rings is 1. The van der Waals surface area contributed by atoms with Crippen LogP contribution in [-0.2, 0) is 6.42 Å². The van der Waals surface area contributed by atoms with Gasteiger partial charge in [-0.2, -0.15) is 0 Å². The third kappa shape index (κ3) is 3.51. The van der Waals surface area contributed by atoms with Crippen molar-refractivity contribution in [2.24, 2.45) is 0 Å². The van der Waals surface area contributed by atoms with Gasteiger partial charge in [0.15, 0.2) is 0 Å². The summed E-state index contributed by atoms with van der Waals surface area (Å²) in [6.45, 7) is 4.57. The van der Waals surface area contributed by atoms with Crippen LogP contribution in [0.3, 0.4) is 0 Å². The van der Waals surface area contributed by atoms with E-state index in [1.165, 1.54) is 5.56 Å². The largest absolute Gasteiger partial charge is 0.366 e. The van der Waals surface area contributed by atoms with Gasteiger partial charge in [0.1, 0.15) is 0 Å². The number of halogens is 1. The molecule has 0 saturated carbocycles. The molecule has 0 spiro atoms. The predicted molar refractivity (Wildman–Crippen MR) is 57.8 cm³/mol. The highest BCUT2D eigenvalue weighted by atomic mass is 35.5. The minimum atomic E-state index is 0.593. The Kier molecular flexibility index (Phi) is 3.84. The highest BCUT2D eigenvalue weighted by Crippen LogP contribution is 2.06. The van der Waals surface area contributed by atoms with E-state index in [9.17, 15) is 0 Å². The van der Waals surface area contributed by atoms with Gasteiger partial charge in [-0.25, -0.2) is 0 Å². The molecular formula is C11H14ClN. The second-order valence-electron chi connectivity index (χ2n) is 3.03. The van der Waals surface area contributed by atoms with Crippen molar-refractivity contribution in [1.82, 2.24) is 4.90 Å². The Balaban J connectivity index is 2.39. The van der Waals surface area contributed by atoms with Gasteiger partial charge < -0.3 is 4.90 Å². The molecule has 0 saturated heterocycles. The molecule has 2 heteroatoms. The first-order valence-corrected chi connectivity index (χ1v) is 4.67. The first-order valence-electron chi connectivity index (χ1n) is 4.29. The molecule has 1 aromatic carbocycles. The molecule has 0 fully saturated rings. The van der Waals surface area contributed by atoms with E-state index in [1.807, 2.05) is 30.1 Å². The van der Waals surface area contributed by atoms with Crippen LogP contribution in [0.5, 0.6) is 0 Å². The van der Waals surface area contributed by atoms with Crippen molar-refractivity contribution < 1.29 is 0 Å². The quantitative estimate of drug-likeness (QED) is 0.668. The molecule has 0 atom stereocenters. The summed E-state index contributed by atoms with van der Waals surface area (Å²) < 4.78 is 0. The molecule has 0 unspecified atom stereocenters. The average molecular weight is 196 g/mol. The van der Waals surface area contributed by atoms with Gasteiger partial charge in [0.2, 0.25) is 0 Å². The summed E-state index contributed by atoms with van der Waals surface area (Å²) in [6.07, 6.45) is 1.00. The van der Waals surface area contributed by atoms with Gasteiger partial charge >= 0.3 is 0 Å². The second kappa shape index (κ2) is 4.93. The maximum atomic E-state index is 5.73. The van der Waals surface area contributed by atoms with Crippen molar-refractivity contribution >= 4 is 11.6 Å². The summed E-state index contributed by atoms with van der Waals surface area (Å²) >= 11 is 5.73. The van der Waals surface area contributed by atoms with E-state index in [-0.39, 0.29) is 0 Å². The van der Waals surface area contributed by atoms with E-state index in [2.05, 4.69) is 18.7 Å². The van der Waals surface area contributed by atoms with Crippen molar-refractivity contribution in [2.75, 3.05) is 13.6 Å². The molecule has 0 aromatic heterocycles. The molecule has 0 N–H and O–H groups in total. The van der Waals surface area contributed by atoms with Crippen molar-refractivity contribution in [3.63, 3.8) is 0 Å². The molecule has 0 aliphatic heterocycles. The molecule has 70 valence electrons. The Morgan fingerprint density at radius 3 is 2.54 bits per heavy atom.